The van der Waals surface area contributed by atoms with Crippen LogP contribution in [0.3, 0.4) is 0 Å². The van der Waals surface area contributed by atoms with Gasteiger partial charge in [-0.3, -0.25) is 9.79 Å². The summed E-state index contributed by atoms with van der Waals surface area (Å²) in [5, 5.41) is 16.0. The molecule has 0 saturated heterocycles. The third kappa shape index (κ3) is 9.07. The first kappa shape index (κ1) is 29.6. The molecule has 9 nitrogen and oxygen atoms in total. The molecule has 1 aliphatic carbocycles. The van der Waals surface area contributed by atoms with E-state index in [-0.39, 0.29) is 18.1 Å². The fourth-order valence-corrected chi connectivity index (χ4v) is 4.47. The summed E-state index contributed by atoms with van der Waals surface area (Å²) in [4.78, 5) is 26.4. The highest BCUT2D eigenvalue weighted by atomic mass is 16.1. The molecular formula is C30H42N8O. The summed E-state index contributed by atoms with van der Waals surface area (Å²) in [5.41, 5.74) is 4.67. The highest BCUT2D eigenvalue weighted by Gasteiger charge is 2.23. The standard InChI is InChI=1S/C30H42N8O/c1-5-17-34-30(39)26(20-32-4)29(38-27-16-11-23-10-9-22(6-2)28(23)37-27)36-21-35-25-14-12-24(13-15-25)33-19-8-7-18-31-3/h5,11-16,20,22,31,33,35H,1,4,6-10,17-19,21H2,2-3H3,(H,34,39)(H,36,37,38)/b26-20+. The molecule has 1 unspecified atom stereocenters. The van der Waals surface area contributed by atoms with Crippen molar-refractivity contribution in [2.24, 2.45) is 9.98 Å². The first-order valence-corrected chi connectivity index (χ1v) is 13.7. The van der Waals surface area contributed by atoms with Gasteiger partial charge in [0.2, 0.25) is 0 Å². The van der Waals surface area contributed by atoms with Gasteiger partial charge in [0.15, 0.2) is 0 Å². The molecule has 1 atom stereocenters. The van der Waals surface area contributed by atoms with Gasteiger partial charge in [-0.1, -0.05) is 19.1 Å². The van der Waals surface area contributed by atoms with Crippen LogP contribution < -0.4 is 26.6 Å². The summed E-state index contributed by atoms with van der Waals surface area (Å²) in [6.45, 7) is 11.9. The summed E-state index contributed by atoms with van der Waals surface area (Å²) in [6, 6.07) is 12.1. The third-order valence-electron chi connectivity index (χ3n) is 6.62. The Bertz CT molecular complexity index is 1160. The van der Waals surface area contributed by atoms with Crippen LogP contribution in [0.1, 0.15) is 49.8 Å². The maximum Gasteiger partial charge on any atom is 0.256 e. The molecule has 1 heterocycles. The highest BCUT2D eigenvalue weighted by Crippen LogP contribution is 2.34. The number of carbonyl (C=O) groups is 1. The Balaban J connectivity index is 1.73. The zero-order valence-electron chi connectivity index (χ0n) is 23.2. The average Bonchev–Trinajstić information content (AvgIpc) is 3.37. The molecule has 0 spiro atoms. The second-order valence-electron chi connectivity index (χ2n) is 9.39. The monoisotopic (exact) mass is 530 g/mol. The zero-order valence-corrected chi connectivity index (χ0v) is 23.2. The lowest BCUT2D eigenvalue weighted by atomic mass is 10.0. The van der Waals surface area contributed by atoms with Crippen LogP contribution in [0.4, 0.5) is 17.2 Å². The summed E-state index contributed by atoms with van der Waals surface area (Å²) < 4.78 is 0. The predicted molar refractivity (Wildman–Crippen MR) is 164 cm³/mol. The van der Waals surface area contributed by atoms with E-state index in [1.807, 2.05) is 37.4 Å². The van der Waals surface area contributed by atoms with E-state index in [2.05, 4.69) is 62.9 Å². The number of benzene rings is 1. The molecule has 1 amide bonds. The van der Waals surface area contributed by atoms with E-state index in [1.54, 1.807) is 6.08 Å². The molecule has 0 aliphatic heterocycles. The van der Waals surface area contributed by atoms with Crippen molar-refractivity contribution in [3.05, 3.63) is 72.1 Å². The van der Waals surface area contributed by atoms with Crippen LogP contribution in [0.15, 0.2) is 70.8 Å². The van der Waals surface area contributed by atoms with Crippen LogP contribution in [-0.2, 0) is 11.2 Å². The van der Waals surface area contributed by atoms with Gasteiger partial charge in [-0.25, -0.2) is 9.98 Å². The molecule has 0 radical (unpaired) electrons. The Kier molecular flexibility index (Phi) is 12.2. The minimum Gasteiger partial charge on any atom is -0.385 e. The Morgan fingerprint density at radius 2 is 1.85 bits per heavy atom. The number of pyridine rings is 1. The van der Waals surface area contributed by atoms with E-state index in [9.17, 15) is 4.79 Å². The SMILES string of the molecule is C=CCNC(=O)C(=C/N=C)/C(=N\CNc1ccc(NCCCCNC)cc1)Nc1ccc2c(n1)C(CC)CC2. The second-order valence-corrected chi connectivity index (χ2v) is 9.39. The maximum absolute atomic E-state index is 12.9. The van der Waals surface area contributed by atoms with Gasteiger partial charge in [0.1, 0.15) is 18.3 Å². The molecule has 0 fully saturated rings. The lowest BCUT2D eigenvalue weighted by Gasteiger charge is -2.15. The quantitative estimate of drug-likeness (QED) is 0.0707. The number of nitrogens with one attached hydrogen (secondary N) is 5. The molecule has 208 valence electrons. The van der Waals surface area contributed by atoms with Crippen molar-refractivity contribution in [2.45, 2.75) is 44.9 Å². The van der Waals surface area contributed by atoms with Crippen molar-refractivity contribution in [1.82, 2.24) is 15.6 Å². The van der Waals surface area contributed by atoms with Gasteiger partial charge in [0.05, 0.1) is 5.57 Å². The van der Waals surface area contributed by atoms with Crippen molar-refractivity contribution in [1.29, 1.82) is 0 Å². The largest absolute Gasteiger partial charge is 0.385 e. The molecule has 0 saturated carbocycles. The van der Waals surface area contributed by atoms with E-state index in [4.69, 9.17) is 4.98 Å². The van der Waals surface area contributed by atoms with Crippen LogP contribution in [-0.4, -0.2) is 56.8 Å². The van der Waals surface area contributed by atoms with E-state index < -0.39 is 0 Å². The van der Waals surface area contributed by atoms with Crippen LogP contribution in [0, 0.1) is 0 Å². The number of unbranched alkanes of at least 4 members (excludes halogenated alkanes) is 1. The summed E-state index contributed by atoms with van der Waals surface area (Å²) >= 11 is 0. The molecule has 1 aromatic carbocycles. The van der Waals surface area contributed by atoms with Gasteiger partial charge in [0, 0.05) is 42.3 Å². The van der Waals surface area contributed by atoms with Crippen LogP contribution >= 0.6 is 0 Å². The van der Waals surface area contributed by atoms with E-state index in [0.717, 1.165) is 62.3 Å². The molecule has 39 heavy (non-hydrogen) atoms. The number of aromatic nitrogens is 1. The fourth-order valence-electron chi connectivity index (χ4n) is 4.47. The van der Waals surface area contributed by atoms with Crippen LogP contribution in [0.5, 0.6) is 0 Å². The number of amidine groups is 1. The van der Waals surface area contributed by atoms with Crippen LogP contribution in [0.25, 0.3) is 0 Å². The Morgan fingerprint density at radius 3 is 2.54 bits per heavy atom. The van der Waals surface area contributed by atoms with Gasteiger partial charge in [-0.15, -0.1) is 6.58 Å². The lowest BCUT2D eigenvalue weighted by Crippen LogP contribution is -2.32. The number of fused-ring (bicyclic) bond motifs is 1. The number of aliphatic imine (C=N–C) groups is 2. The summed E-state index contributed by atoms with van der Waals surface area (Å²) in [5.74, 6) is 1.13. The van der Waals surface area contributed by atoms with Gasteiger partial charge >= 0.3 is 0 Å². The third-order valence-corrected chi connectivity index (χ3v) is 6.62. The highest BCUT2D eigenvalue weighted by molar-refractivity contribution is 6.25. The number of carbonyl (C=O) groups excluding carboxylic acids is 1. The Hall–Kier alpha value is -3.98. The van der Waals surface area contributed by atoms with Crippen LogP contribution in [0.2, 0.25) is 0 Å². The maximum atomic E-state index is 12.9. The lowest BCUT2D eigenvalue weighted by molar-refractivity contribution is -0.116. The summed E-state index contributed by atoms with van der Waals surface area (Å²) in [7, 11) is 1.97. The van der Waals surface area contributed by atoms with E-state index in [1.165, 1.54) is 11.8 Å². The molecule has 2 aromatic rings. The molecule has 0 bridgehead atoms. The summed E-state index contributed by atoms with van der Waals surface area (Å²) in [6.07, 6.45) is 8.49. The number of nitrogens with zero attached hydrogens (tertiary/aromatic N) is 3. The number of rotatable bonds is 16. The van der Waals surface area contributed by atoms with Gasteiger partial charge in [0.25, 0.3) is 5.91 Å². The van der Waals surface area contributed by atoms with Gasteiger partial charge in [-0.2, -0.15) is 0 Å². The molecule has 1 aliphatic rings. The first-order chi connectivity index (χ1) is 19.1. The topological polar surface area (TPSA) is 115 Å². The number of amides is 1. The second kappa shape index (κ2) is 16.1. The first-order valence-electron chi connectivity index (χ1n) is 13.7. The van der Waals surface area contributed by atoms with Crippen molar-refractivity contribution >= 4 is 35.7 Å². The van der Waals surface area contributed by atoms with Crippen molar-refractivity contribution < 1.29 is 4.79 Å². The van der Waals surface area contributed by atoms with Gasteiger partial charge in [-0.05, 0) is 88.3 Å². The van der Waals surface area contributed by atoms with E-state index in [0.29, 0.717) is 24.1 Å². The molecule has 5 N–H and O–H groups in total. The zero-order chi connectivity index (χ0) is 27.9. The smallest absolute Gasteiger partial charge is 0.256 e. The number of hydrogen-bond acceptors (Lipinski definition) is 7. The molecular weight excluding hydrogens is 488 g/mol. The van der Waals surface area contributed by atoms with Crippen molar-refractivity contribution in [3.63, 3.8) is 0 Å². The Labute approximate surface area is 232 Å². The Morgan fingerprint density at radius 1 is 1.10 bits per heavy atom. The van der Waals surface area contributed by atoms with Gasteiger partial charge < -0.3 is 26.6 Å². The normalized spacial score (nSPS) is 14.9. The van der Waals surface area contributed by atoms with Crippen molar-refractivity contribution in [3.8, 4) is 0 Å². The number of hydrogen-bond donors (Lipinski definition) is 5. The minimum absolute atomic E-state index is 0.241. The van der Waals surface area contributed by atoms with Crippen molar-refractivity contribution in [2.75, 3.05) is 49.3 Å². The molecule has 3 rings (SSSR count). The predicted octanol–water partition coefficient (Wildman–Crippen LogP) is 4.70. The minimum atomic E-state index is -0.328. The number of aryl methyl sites for hydroxylation is 1. The van der Waals surface area contributed by atoms with E-state index >= 15 is 0 Å². The molecule has 1 aromatic heterocycles. The fraction of sp³-hybridized carbons (Fsp3) is 0.400. The average molecular weight is 531 g/mol. The molecule has 9 heteroatoms. The number of anilines is 3.